The number of benzene rings is 1. The molecule has 0 saturated carbocycles. The van der Waals surface area contributed by atoms with E-state index in [0.717, 1.165) is 5.56 Å². The predicted molar refractivity (Wildman–Crippen MR) is 64.2 cm³/mol. The average molecular weight is 252 g/mol. The van der Waals surface area contributed by atoms with E-state index in [2.05, 4.69) is 5.10 Å². The Bertz CT molecular complexity index is 575. The highest BCUT2D eigenvalue weighted by Crippen LogP contribution is 2.40. The first-order valence-corrected chi connectivity index (χ1v) is 5.42. The fraction of sp³-hybridized carbons (Fsp3) is 0.182. The van der Waals surface area contributed by atoms with Gasteiger partial charge in [0.25, 0.3) is 0 Å². The normalized spacial score (nSPS) is 13.1. The molecule has 0 bridgehead atoms. The van der Waals surface area contributed by atoms with Gasteiger partial charge in [0, 0.05) is 24.7 Å². The van der Waals surface area contributed by atoms with Crippen molar-refractivity contribution in [3.8, 4) is 22.8 Å². The summed E-state index contributed by atoms with van der Waals surface area (Å²) in [5, 5.41) is 4.84. The number of nitrogens with zero attached hydrogens (tertiary/aromatic N) is 2. The minimum Gasteiger partial charge on any atom is -0.454 e. The number of fused-ring (bicyclic) bond motifs is 1. The van der Waals surface area contributed by atoms with Crippen LogP contribution in [0.5, 0.6) is 11.5 Å². The zero-order valence-corrected chi connectivity index (χ0v) is 9.86. The van der Waals surface area contributed by atoms with Crippen molar-refractivity contribution in [2.45, 2.75) is 0 Å². The average Bonchev–Trinajstić information content (AvgIpc) is 2.85. The van der Waals surface area contributed by atoms with Crippen molar-refractivity contribution < 1.29 is 9.47 Å². The van der Waals surface area contributed by atoms with Crippen LogP contribution in [0.3, 0.4) is 0 Å². The number of aromatic nitrogens is 2. The molecule has 88 valence electrons. The van der Waals surface area contributed by atoms with Crippen LogP contribution in [0.2, 0.25) is 5.02 Å². The first kappa shape index (κ1) is 10.3. The third-order valence-corrected chi connectivity index (χ3v) is 2.97. The fourth-order valence-corrected chi connectivity index (χ4v) is 1.98. The highest BCUT2D eigenvalue weighted by Gasteiger charge is 2.18. The Hall–Kier alpha value is -1.88. The molecule has 0 spiro atoms. The Morgan fingerprint density at radius 1 is 1.29 bits per heavy atom. The largest absolute Gasteiger partial charge is 0.454 e. The van der Waals surface area contributed by atoms with Gasteiger partial charge in [0.2, 0.25) is 6.79 Å². The number of nitrogen functional groups attached to an aromatic ring is 1. The summed E-state index contributed by atoms with van der Waals surface area (Å²) in [5.41, 5.74) is 7.24. The van der Waals surface area contributed by atoms with Crippen LogP contribution in [0.25, 0.3) is 11.3 Å². The van der Waals surface area contributed by atoms with E-state index in [1.807, 2.05) is 6.07 Å². The highest BCUT2D eigenvalue weighted by atomic mass is 35.5. The van der Waals surface area contributed by atoms with Crippen molar-refractivity contribution in [1.29, 1.82) is 0 Å². The quantitative estimate of drug-likeness (QED) is 0.843. The molecule has 0 fully saturated rings. The van der Waals surface area contributed by atoms with Gasteiger partial charge in [-0.05, 0) is 6.07 Å². The maximum absolute atomic E-state index is 6.18. The minimum atomic E-state index is 0.222. The molecular formula is C11H10ClN3O2. The second-order valence-electron chi connectivity index (χ2n) is 3.76. The lowest BCUT2D eigenvalue weighted by atomic mass is 10.1. The van der Waals surface area contributed by atoms with Crippen molar-refractivity contribution in [3.63, 3.8) is 0 Å². The first-order chi connectivity index (χ1) is 8.15. The Balaban J connectivity index is 2.14. The lowest BCUT2D eigenvalue weighted by molar-refractivity contribution is 0.174. The van der Waals surface area contributed by atoms with Gasteiger partial charge in [-0.25, -0.2) is 0 Å². The van der Waals surface area contributed by atoms with E-state index < -0.39 is 0 Å². The Morgan fingerprint density at radius 3 is 2.65 bits per heavy atom. The fourth-order valence-electron chi connectivity index (χ4n) is 1.73. The van der Waals surface area contributed by atoms with Crippen LogP contribution in [0.15, 0.2) is 18.2 Å². The number of anilines is 1. The summed E-state index contributed by atoms with van der Waals surface area (Å²) in [7, 11) is 1.78. The van der Waals surface area contributed by atoms with E-state index in [1.54, 1.807) is 23.9 Å². The summed E-state index contributed by atoms with van der Waals surface area (Å²) in [6, 6.07) is 5.31. The third-order valence-electron chi connectivity index (χ3n) is 2.65. The zero-order valence-electron chi connectivity index (χ0n) is 9.11. The first-order valence-electron chi connectivity index (χ1n) is 5.04. The summed E-state index contributed by atoms with van der Waals surface area (Å²) in [6.45, 7) is 0.222. The van der Waals surface area contributed by atoms with Crippen LogP contribution in [0.1, 0.15) is 0 Å². The zero-order chi connectivity index (χ0) is 12.0. The van der Waals surface area contributed by atoms with Crippen molar-refractivity contribution in [2.75, 3.05) is 12.5 Å². The monoisotopic (exact) mass is 251 g/mol. The molecule has 1 aromatic heterocycles. The number of ether oxygens (including phenoxy) is 2. The van der Waals surface area contributed by atoms with Gasteiger partial charge in [-0.2, -0.15) is 5.10 Å². The Labute approximate surface area is 103 Å². The van der Waals surface area contributed by atoms with E-state index in [0.29, 0.717) is 28.0 Å². The van der Waals surface area contributed by atoms with E-state index in [1.165, 1.54) is 0 Å². The van der Waals surface area contributed by atoms with Gasteiger partial charge in [0.1, 0.15) is 5.82 Å². The number of nitrogens with two attached hydrogens (primary N) is 1. The third kappa shape index (κ3) is 1.59. The summed E-state index contributed by atoms with van der Waals surface area (Å²) in [5.74, 6) is 1.91. The summed E-state index contributed by atoms with van der Waals surface area (Å²) >= 11 is 6.18. The molecular weight excluding hydrogens is 242 g/mol. The number of hydrogen-bond acceptors (Lipinski definition) is 4. The highest BCUT2D eigenvalue weighted by molar-refractivity contribution is 6.33. The standard InChI is InChI=1S/C11H10ClN3O2/c1-15-11(13)4-8(14-15)6-2-9-10(3-7(6)12)17-5-16-9/h2-4H,5,13H2,1H3. The summed E-state index contributed by atoms with van der Waals surface area (Å²) < 4.78 is 12.1. The van der Waals surface area contributed by atoms with Crippen molar-refractivity contribution in [1.82, 2.24) is 9.78 Å². The summed E-state index contributed by atoms with van der Waals surface area (Å²) in [4.78, 5) is 0. The second kappa shape index (κ2) is 3.56. The molecule has 0 atom stereocenters. The van der Waals surface area contributed by atoms with Crippen LogP contribution in [-0.4, -0.2) is 16.6 Å². The molecule has 0 aliphatic carbocycles. The van der Waals surface area contributed by atoms with E-state index in [-0.39, 0.29) is 6.79 Å². The maximum atomic E-state index is 6.18. The van der Waals surface area contributed by atoms with Crippen LogP contribution in [0.4, 0.5) is 5.82 Å². The molecule has 2 aromatic rings. The predicted octanol–water partition coefficient (Wildman–Crippen LogP) is 2.05. The molecule has 1 aliphatic heterocycles. The van der Waals surface area contributed by atoms with E-state index in [4.69, 9.17) is 26.8 Å². The Kier molecular flexibility index (Phi) is 2.16. The Morgan fingerprint density at radius 2 is 2.00 bits per heavy atom. The number of aryl methyl sites for hydroxylation is 1. The smallest absolute Gasteiger partial charge is 0.231 e. The molecule has 3 rings (SSSR count). The number of rotatable bonds is 1. The van der Waals surface area contributed by atoms with Gasteiger partial charge in [-0.15, -0.1) is 0 Å². The molecule has 2 heterocycles. The minimum absolute atomic E-state index is 0.222. The molecule has 0 radical (unpaired) electrons. The summed E-state index contributed by atoms with van der Waals surface area (Å²) in [6.07, 6.45) is 0. The van der Waals surface area contributed by atoms with Gasteiger partial charge in [-0.3, -0.25) is 4.68 Å². The molecule has 0 saturated heterocycles. The molecule has 2 N–H and O–H groups in total. The van der Waals surface area contributed by atoms with Crippen molar-refractivity contribution in [2.24, 2.45) is 7.05 Å². The van der Waals surface area contributed by atoms with E-state index in [9.17, 15) is 0 Å². The number of halogens is 1. The van der Waals surface area contributed by atoms with Gasteiger partial charge in [-0.1, -0.05) is 11.6 Å². The molecule has 5 nitrogen and oxygen atoms in total. The number of hydrogen-bond donors (Lipinski definition) is 1. The molecule has 0 amide bonds. The van der Waals surface area contributed by atoms with Crippen LogP contribution in [0, 0.1) is 0 Å². The topological polar surface area (TPSA) is 62.3 Å². The molecule has 17 heavy (non-hydrogen) atoms. The van der Waals surface area contributed by atoms with E-state index >= 15 is 0 Å². The van der Waals surface area contributed by atoms with Gasteiger partial charge >= 0.3 is 0 Å². The second-order valence-corrected chi connectivity index (χ2v) is 4.17. The molecule has 1 aliphatic rings. The van der Waals surface area contributed by atoms with Crippen LogP contribution >= 0.6 is 11.6 Å². The van der Waals surface area contributed by atoms with Crippen LogP contribution < -0.4 is 15.2 Å². The SMILES string of the molecule is Cn1nc(-c2cc3c(cc2Cl)OCO3)cc1N. The maximum Gasteiger partial charge on any atom is 0.231 e. The van der Waals surface area contributed by atoms with Gasteiger partial charge < -0.3 is 15.2 Å². The van der Waals surface area contributed by atoms with Crippen molar-refractivity contribution >= 4 is 17.4 Å². The molecule has 6 heteroatoms. The van der Waals surface area contributed by atoms with Gasteiger partial charge in [0.05, 0.1) is 10.7 Å². The van der Waals surface area contributed by atoms with Gasteiger partial charge in [0.15, 0.2) is 11.5 Å². The lowest BCUT2D eigenvalue weighted by Crippen LogP contribution is -1.96. The van der Waals surface area contributed by atoms with Crippen LogP contribution in [-0.2, 0) is 7.05 Å². The lowest BCUT2D eigenvalue weighted by Gasteiger charge is -2.02. The van der Waals surface area contributed by atoms with Crippen molar-refractivity contribution in [3.05, 3.63) is 23.2 Å². The molecule has 0 unspecified atom stereocenters. The molecule has 1 aromatic carbocycles.